The average molecular weight is 330 g/mol. The number of hydrogen-bond acceptors (Lipinski definition) is 2. The van der Waals surface area contributed by atoms with Gasteiger partial charge in [-0.15, -0.1) is 0 Å². The number of nitrogens with zero attached hydrogens (tertiary/aromatic N) is 1. The smallest absolute Gasteiger partial charge is 0.0645 e. The summed E-state index contributed by atoms with van der Waals surface area (Å²) in [5, 5.41) is 0. The fourth-order valence-corrected chi connectivity index (χ4v) is 5.48. The third-order valence-corrected chi connectivity index (χ3v) is 7.34. The first-order chi connectivity index (χ1) is 11.4. The minimum Gasteiger partial charge on any atom is -0.378 e. The molecule has 2 heteroatoms. The molecule has 2 nitrogen and oxygen atoms in total. The van der Waals surface area contributed by atoms with Crippen LogP contribution in [0.15, 0.2) is 30.3 Å². The summed E-state index contributed by atoms with van der Waals surface area (Å²) in [5.74, 6) is 1.36. The number of fused-ring (bicyclic) bond motifs is 2. The molecular formula is C22H35NO. The van der Waals surface area contributed by atoms with E-state index in [9.17, 15) is 0 Å². The van der Waals surface area contributed by atoms with Crippen molar-refractivity contribution in [2.24, 2.45) is 22.7 Å². The summed E-state index contributed by atoms with van der Waals surface area (Å²) in [5.41, 5.74) is 2.26. The van der Waals surface area contributed by atoms with Crippen molar-refractivity contribution in [3.8, 4) is 0 Å². The molecule has 2 fully saturated rings. The van der Waals surface area contributed by atoms with Crippen LogP contribution >= 0.6 is 0 Å². The third-order valence-electron chi connectivity index (χ3n) is 7.34. The highest BCUT2D eigenvalue weighted by atomic mass is 16.5. The normalized spacial score (nSPS) is 34.2. The van der Waals surface area contributed by atoms with E-state index in [1.165, 1.54) is 18.4 Å². The highest BCUT2D eigenvalue weighted by molar-refractivity contribution is 5.21. The van der Waals surface area contributed by atoms with Gasteiger partial charge in [0.15, 0.2) is 0 Å². The Hall–Kier alpha value is -0.860. The number of benzene rings is 1. The van der Waals surface area contributed by atoms with Crippen molar-refractivity contribution < 1.29 is 4.74 Å². The van der Waals surface area contributed by atoms with Crippen molar-refractivity contribution >= 4 is 0 Å². The predicted octanol–water partition coefficient (Wildman–Crippen LogP) is 4.64. The largest absolute Gasteiger partial charge is 0.378 e. The molecule has 0 amide bonds. The standard InChI is InChI=1S/C22H35NO/c1-21(2)18-12-13-22(21,3)19(16-17-10-7-6-8-11-17)20(18)24-15-9-14-23(4)5/h6-8,10-11,18-20H,9,12-16H2,1-5H3/t18-,19+,20?,22+/m0/s1. The molecule has 2 aliphatic rings. The average Bonchev–Trinajstić information content (AvgIpc) is 2.85. The lowest BCUT2D eigenvalue weighted by atomic mass is 9.65. The van der Waals surface area contributed by atoms with E-state index in [4.69, 9.17) is 4.74 Å². The van der Waals surface area contributed by atoms with Gasteiger partial charge in [-0.1, -0.05) is 51.1 Å². The predicted molar refractivity (Wildman–Crippen MR) is 101 cm³/mol. The van der Waals surface area contributed by atoms with Crippen LogP contribution in [0.25, 0.3) is 0 Å². The number of hydrogen-bond donors (Lipinski definition) is 0. The zero-order valence-corrected chi connectivity index (χ0v) is 16.2. The van der Waals surface area contributed by atoms with Gasteiger partial charge in [-0.25, -0.2) is 0 Å². The van der Waals surface area contributed by atoms with E-state index in [0.717, 1.165) is 31.9 Å². The van der Waals surface area contributed by atoms with Crippen molar-refractivity contribution in [3.05, 3.63) is 35.9 Å². The lowest BCUT2D eigenvalue weighted by Gasteiger charge is -2.40. The highest BCUT2D eigenvalue weighted by Gasteiger charge is 2.66. The van der Waals surface area contributed by atoms with Crippen LogP contribution < -0.4 is 0 Å². The van der Waals surface area contributed by atoms with E-state index < -0.39 is 0 Å². The van der Waals surface area contributed by atoms with Crippen molar-refractivity contribution in [1.82, 2.24) is 4.90 Å². The molecule has 4 atom stereocenters. The van der Waals surface area contributed by atoms with Gasteiger partial charge in [-0.3, -0.25) is 0 Å². The van der Waals surface area contributed by atoms with Crippen LogP contribution in [0.4, 0.5) is 0 Å². The molecule has 0 aliphatic heterocycles. The first-order valence-electron chi connectivity index (χ1n) is 9.66. The molecular weight excluding hydrogens is 294 g/mol. The molecule has 1 unspecified atom stereocenters. The van der Waals surface area contributed by atoms with Gasteiger partial charge in [0, 0.05) is 6.61 Å². The van der Waals surface area contributed by atoms with Gasteiger partial charge >= 0.3 is 0 Å². The quantitative estimate of drug-likeness (QED) is 0.676. The van der Waals surface area contributed by atoms with Crippen LogP contribution in [0.3, 0.4) is 0 Å². The molecule has 134 valence electrons. The van der Waals surface area contributed by atoms with Crippen LogP contribution in [0.1, 0.15) is 45.6 Å². The van der Waals surface area contributed by atoms with Crippen LogP contribution in [-0.2, 0) is 11.2 Å². The molecule has 0 heterocycles. The summed E-state index contributed by atoms with van der Waals surface area (Å²) >= 11 is 0. The van der Waals surface area contributed by atoms with E-state index in [1.54, 1.807) is 0 Å². The van der Waals surface area contributed by atoms with Gasteiger partial charge < -0.3 is 9.64 Å². The van der Waals surface area contributed by atoms with Gasteiger partial charge in [-0.2, -0.15) is 0 Å². The van der Waals surface area contributed by atoms with Crippen molar-refractivity contribution in [3.63, 3.8) is 0 Å². The van der Waals surface area contributed by atoms with Crippen LogP contribution in [0.2, 0.25) is 0 Å². The van der Waals surface area contributed by atoms with Gasteiger partial charge in [0.25, 0.3) is 0 Å². The van der Waals surface area contributed by atoms with Crippen molar-refractivity contribution in [2.45, 2.75) is 52.6 Å². The lowest BCUT2D eigenvalue weighted by Crippen LogP contribution is -2.37. The Bertz CT molecular complexity index is 538. The Morgan fingerprint density at radius 1 is 1.12 bits per heavy atom. The first kappa shape index (κ1) is 17.9. The van der Waals surface area contributed by atoms with Crippen LogP contribution in [0, 0.1) is 22.7 Å². The van der Waals surface area contributed by atoms with E-state index in [0.29, 0.717) is 22.9 Å². The van der Waals surface area contributed by atoms with Crippen LogP contribution in [0.5, 0.6) is 0 Å². The molecule has 24 heavy (non-hydrogen) atoms. The zero-order chi connectivity index (χ0) is 17.4. The summed E-state index contributed by atoms with van der Waals surface area (Å²) in [7, 11) is 4.28. The fourth-order valence-electron chi connectivity index (χ4n) is 5.48. The number of rotatable bonds is 7. The molecule has 0 radical (unpaired) electrons. The molecule has 0 N–H and O–H groups in total. The van der Waals surface area contributed by atoms with Gasteiger partial charge in [0.05, 0.1) is 6.10 Å². The van der Waals surface area contributed by atoms with E-state index in [1.807, 2.05) is 0 Å². The second kappa shape index (κ2) is 6.80. The minimum atomic E-state index is 0.388. The second-order valence-corrected chi connectivity index (χ2v) is 9.07. The fraction of sp³-hybridized carbons (Fsp3) is 0.727. The van der Waals surface area contributed by atoms with Crippen molar-refractivity contribution in [1.29, 1.82) is 0 Å². The molecule has 1 aromatic rings. The molecule has 2 aliphatic carbocycles. The summed E-state index contributed by atoms with van der Waals surface area (Å²) in [6.07, 6.45) is 5.43. The zero-order valence-electron chi connectivity index (χ0n) is 16.2. The first-order valence-corrected chi connectivity index (χ1v) is 9.66. The number of ether oxygens (including phenoxy) is 1. The molecule has 0 spiro atoms. The molecule has 1 aromatic carbocycles. The lowest BCUT2D eigenvalue weighted by molar-refractivity contribution is -0.0356. The van der Waals surface area contributed by atoms with Gasteiger partial charge in [0.2, 0.25) is 0 Å². The third kappa shape index (κ3) is 3.04. The van der Waals surface area contributed by atoms with Crippen molar-refractivity contribution in [2.75, 3.05) is 27.2 Å². The van der Waals surface area contributed by atoms with Gasteiger partial charge in [0.1, 0.15) is 0 Å². The Morgan fingerprint density at radius 2 is 1.83 bits per heavy atom. The summed E-state index contributed by atoms with van der Waals surface area (Å²) in [4.78, 5) is 2.25. The maximum absolute atomic E-state index is 6.55. The van der Waals surface area contributed by atoms with Crippen LogP contribution in [-0.4, -0.2) is 38.3 Å². The van der Waals surface area contributed by atoms with E-state index >= 15 is 0 Å². The Balaban J connectivity index is 1.74. The maximum Gasteiger partial charge on any atom is 0.0645 e. The summed E-state index contributed by atoms with van der Waals surface area (Å²) in [6.45, 7) is 9.53. The molecule has 0 saturated heterocycles. The topological polar surface area (TPSA) is 12.5 Å². The molecule has 2 saturated carbocycles. The maximum atomic E-state index is 6.55. The summed E-state index contributed by atoms with van der Waals surface area (Å²) < 4.78 is 6.55. The highest BCUT2D eigenvalue weighted by Crippen LogP contribution is 2.69. The van der Waals surface area contributed by atoms with E-state index in [2.05, 4.69) is 70.1 Å². The van der Waals surface area contributed by atoms with Gasteiger partial charge in [-0.05, 0) is 74.6 Å². The van der Waals surface area contributed by atoms with E-state index in [-0.39, 0.29) is 0 Å². The molecule has 2 bridgehead atoms. The second-order valence-electron chi connectivity index (χ2n) is 9.07. The summed E-state index contributed by atoms with van der Waals surface area (Å²) in [6, 6.07) is 11.0. The molecule has 3 rings (SSSR count). The Morgan fingerprint density at radius 3 is 2.50 bits per heavy atom. The molecule has 0 aromatic heterocycles. The monoisotopic (exact) mass is 329 g/mol. The Kier molecular flexibility index (Phi) is 5.09. The minimum absolute atomic E-state index is 0.388. The Labute approximate surface area is 148 Å². The SMILES string of the molecule is CN(C)CCCOC1[C@@H](Cc2ccccc2)[C@@]2(C)CC[C@@H]1C2(C)C.